The SMILES string of the molecule is CCCOc1ccccc1C(NN)C(C)(C)S(C)(=O)=O. The summed E-state index contributed by atoms with van der Waals surface area (Å²) in [5, 5.41) is 0. The number of benzene rings is 1. The van der Waals surface area contributed by atoms with Crippen LogP contribution in [0.1, 0.15) is 38.8 Å². The number of hydrazine groups is 1. The Labute approximate surface area is 121 Å². The van der Waals surface area contributed by atoms with E-state index in [1.807, 2.05) is 31.2 Å². The van der Waals surface area contributed by atoms with E-state index >= 15 is 0 Å². The van der Waals surface area contributed by atoms with Crippen molar-refractivity contribution in [1.82, 2.24) is 5.43 Å². The van der Waals surface area contributed by atoms with Crippen molar-refractivity contribution in [3.63, 3.8) is 0 Å². The molecule has 1 rings (SSSR count). The molecule has 1 atom stereocenters. The highest BCUT2D eigenvalue weighted by Gasteiger charge is 2.40. The number of nitrogens with one attached hydrogen (secondary N) is 1. The molecule has 0 amide bonds. The van der Waals surface area contributed by atoms with Crippen LogP contribution in [0.5, 0.6) is 5.75 Å². The van der Waals surface area contributed by atoms with Crippen LogP contribution in [0.15, 0.2) is 24.3 Å². The van der Waals surface area contributed by atoms with E-state index in [-0.39, 0.29) is 0 Å². The summed E-state index contributed by atoms with van der Waals surface area (Å²) in [6.45, 7) is 5.91. The van der Waals surface area contributed by atoms with E-state index in [0.29, 0.717) is 12.4 Å². The Kier molecular flexibility index (Phi) is 5.56. The number of sulfone groups is 1. The molecule has 1 aromatic rings. The zero-order chi connectivity index (χ0) is 15.4. The van der Waals surface area contributed by atoms with Gasteiger partial charge in [-0.05, 0) is 26.3 Å². The van der Waals surface area contributed by atoms with E-state index in [2.05, 4.69) is 5.43 Å². The van der Waals surface area contributed by atoms with Gasteiger partial charge < -0.3 is 4.74 Å². The minimum absolute atomic E-state index is 0.550. The number of hydrogen-bond acceptors (Lipinski definition) is 5. The van der Waals surface area contributed by atoms with Gasteiger partial charge in [-0.25, -0.2) is 8.42 Å². The Bertz CT molecular complexity index is 541. The normalized spacial score (nSPS) is 14.1. The Morgan fingerprint density at radius 1 is 1.35 bits per heavy atom. The van der Waals surface area contributed by atoms with Crippen molar-refractivity contribution in [2.24, 2.45) is 5.84 Å². The van der Waals surface area contributed by atoms with Crippen LogP contribution in [0.25, 0.3) is 0 Å². The molecule has 0 fully saturated rings. The molecule has 0 saturated heterocycles. The van der Waals surface area contributed by atoms with Gasteiger partial charge in [0, 0.05) is 11.8 Å². The number of hydrogen-bond donors (Lipinski definition) is 2. The first kappa shape index (κ1) is 16.9. The van der Waals surface area contributed by atoms with E-state index in [4.69, 9.17) is 10.6 Å². The van der Waals surface area contributed by atoms with Crippen LogP contribution in [0.3, 0.4) is 0 Å². The lowest BCUT2D eigenvalue weighted by molar-refractivity contribution is 0.305. The average molecular weight is 300 g/mol. The van der Waals surface area contributed by atoms with Crippen LogP contribution in [-0.4, -0.2) is 26.0 Å². The van der Waals surface area contributed by atoms with Gasteiger partial charge in [0.15, 0.2) is 9.84 Å². The molecule has 0 aliphatic rings. The lowest BCUT2D eigenvalue weighted by Gasteiger charge is -2.33. The number of para-hydroxylation sites is 1. The summed E-state index contributed by atoms with van der Waals surface area (Å²) in [7, 11) is -3.30. The predicted molar refractivity (Wildman–Crippen MR) is 81.2 cm³/mol. The third-order valence-electron chi connectivity index (χ3n) is 3.51. The van der Waals surface area contributed by atoms with Gasteiger partial charge in [0.25, 0.3) is 0 Å². The summed E-state index contributed by atoms with van der Waals surface area (Å²) in [5.41, 5.74) is 3.37. The Morgan fingerprint density at radius 3 is 2.45 bits per heavy atom. The van der Waals surface area contributed by atoms with E-state index in [1.165, 1.54) is 6.26 Å². The first-order chi connectivity index (χ1) is 9.25. The van der Waals surface area contributed by atoms with Gasteiger partial charge in [0.05, 0.1) is 17.4 Å². The summed E-state index contributed by atoms with van der Waals surface area (Å²) in [6, 6.07) is 6.81. The quantitative estimate of drug-likeness (QED) is 0.593. The molecule has 5 nitrogen and oxygen atoms in total. The number of ether oxygens (including phenoxy) is 1. The summed E-state index contributed by atoms with van der Waals surface area (Å²) in [5.74, 6) is 6.28. The molecule has 0 saturated carbocycles. The van der Waals surface area contributed by atoms with Crippen molar-refractivity contribution in [3.8, 4) is 5.75 Å². The van der Waals surface area contributed by atoms with Crippen LogP contribution < -0.4 is 16.0 Å². The van der Waals surface area contributed by atoms with Gasteiger partial charge in [-0.1, -0.05) is 25.1 Å². The molecule has 0 aliphatic carbocycles. The maximum Gasteiger partial charge on any atom is 0.154 e. The average Bonchev–Trinajstić information content (AvgIpc) is 2.37. The molecule has 114 valence electrons. The molecule has 0 bridgehead atoms. The highest BCUT2D eigenvalue weighted by atomic mass is 32.2. The molecule has 0 spiro atoms. The highest BCUT2D eigenvalue weighted by molar-refractivity contribution is 7.92. The Morgan fingerprint density at radius 2 is 1.95 bits per heavy atom. The fourth-order valence-electron chi connectivity index (χ4n) is 1.94. The molecule has 1 aromatic carbocycles. The standard InChI is InChI=1S/C14H24N2O3S/c1-5-10-19-12-9-7-6-8-11(12)13(16-15)14(2,3)20(4,17)18/h6-9,13,16H,5,10,15H2,1-4H3. The molecule has 3 N–H and O–H groups in total. The van der Waals surface area contributed by atoms with Gasteiger partial charge in [0.2, 0.25) is 0 Å². The zero-order valence-corrected chi connectivity index (χ0v) is 13.3. The molecular weight excluding hydrogens is 276 g/mol. The lowest BCUT2D eigenvalue weighted by atomic mass is 9.95. The van der Waals surface area contributed by atoms with Crippen molar-refractivity contribution < 1.29 is 13.2 Å². The van der Waals surface area contributed by atoms with Gasteiger partial charge in [0.1, 0.15) is 5.75 Å². The smallest absolute Gasteiger partial charge is 0.154 e. The molecule has 20 heavy (non-hydrogen) atoms. The third-order valence-corrected chi connectivity index (χ3v) is 5.66. The van der Waals surface area contributed by atoms with E-state index < -0.39 is 20.6 Å². The topological polar surface area (TPSA) is 81.4 Å². The lowest BCUT2D eigenvalue weighted by Crippen LogP contribution is -2.47. The van der Waals surface area contributed by atoms with E-state index in [1.54, 1.807) is 13.8 Å². The molecule has 1 unspecified atom stereocenters. The van der Waals surface area contributed by atoms with Crippen molar-refractivity contribution in [1.29, 1.82) is 0 Å². The number of nitrogens with two attached hydrogens (primary N) is 1. The fourth-order valence-corrected chi connectivity index (χ4v) is 2.56. The molecule has 0 aliphatic heterocycles. The third kappa shape index (κ3) is 3.50. The van der Waals surface area contributed by atoms with Gasteiger partial charge in [-0.3, -0.25) is 11.3 Å². The molecule has 0 radical (unpaired) electrons. The summed E-state index contributed by atoms with van der Waals surface area (Å²) in [6.07, 6.45) is 2.09. The van der Waals surface area contributed by atoms with E-state index in [0.717, 1.165) is 12.0 Å². The largest absolute Gasteiger partial charge is 0.493 e. The van der Waals surface area contributed by atoms with E-state index in [9.17, 15) is 8.42 Å². The van der Waals surface area contributed by atoms with Gasteiger partial charge in [-0.2, -0.15) is 0 Å². The first-order valence-electron chi connectivity index (χ1n) is 6.63. The second-order valence-electron chi connectivity index (χ2n) is 5.36. The highest BCUT2D eigenvalue weighted by Crippen LogP contribution is 2.36. The van der Waals surface area contributed by atoms with Crippen LogP contribution >= 0.6 is 0 Å². The van der Waals surface area contributed by atoms with Crippen molar-refractivity contribution in [3.05, 3.63) is 29.8 Å². The van der Waals surface area contributed by atoms with Crippen LogP contribution in [-0.2, 0) is 9.84 Å². The minimum atomic E-state index is -3.30. The van der Waals surface area contributed by atoms with Crippen molar-refractivity contribution in [2.45, 2.75) is 38.0 Å². The molecule has 0 heterocycles. The maximum atomic E-state index is 12.0. The fraction of sp³-hybridized carbons (Fsp3) is 0.571. The Hall–Kier alpha value is -1.11. The van der Waals surface area contributed by atoms with Crippen LogP contribution in [0, 0.1) is 0 Å². The van der Waals surface area contributed by atoms with Gasteiger partial charge >= 0.3 is 0 Å². The van der Waals surface area contributed by atoms with Crippen molar-refractivity contribution in [2.75, 3.05) is 12.9 Å². The summed E-state index contributed by atoms with van der Waals surface area (Å²) < 4.78 is 28.7. The molecular formula is C14H24N2O3S. The second kappa shape index (κ2) is 6.56. The summed E-state index contributed by atoms with van der Waals surface area (Å²) in [4.78, 5) is 0. The van der Waals surface area contributed by atoms with Crippen LogP contribution in [0.4, 0.5) is 0 Å². The maximum absolute atomic E-state index is 12.0. The predicted octanol–water partition coefficient (Wildman–Crippen LogP) is 1.80. The summed E-state index contributed by atoms with van der Waals surface area (Å²) >= 11 is 0. The molecule has 6 heteroatoms. The minimum Gasteiger partial charge on any atom is -0.493 e. The first-order valence-corrected chi connectivity index (χ1v) is 8.52. The van der Waals surface area contributed by atoms with Crippen LogP contribution in [0.2, 0.25) is 0 Å². The monoisotopic (exact) mass is 300 g/mol. The second-order valence-corrected chi connectivity index (χ2v) is 7.96. The zero-order valence-electron chi connectivity index (χ0n) is 12.5. The van der Waals surface area contributed by atoms with Gasteiger partial charge in [-0.15, -0.1) is 0 Å². The Balaban J connectivity index is 3.26. The number of rotatable bonds is 7. The van der Waals surface area contributed by atoms with Crippen molar-refractivity contribution >= 4 is 9.84 Å². The molecule has 0 aromatic heterocycles.